The lowest BCUT2D eigenvalue weighted by Crippen LogP contribution is -2.22. The SMILES string of the molecule is CCCOC(=O)c1cc(F)c(OCCOC(C)(C)C)c(F)c1. The average Bonchev–Trinajstić information content (AvgIpc) is 2.41. The minimum Gasteiger partial charge on any atom is -0.485 e. The molecule has 1 aromatic carbocycles. The fraction of sp³-hybridized carbons (Fsp3) is 0.562. The Balaban J connectivity index is 2.68. The van der Waals surface area contributed by atoms with E-state index in [4.69, 9.17) is 14.2 Å². The van der Waals surface area contributed by atoms with Gasteiger partial charge in [0.1, 0.15) is 6.61 Å². The summed E-state index contributed by atoms with van der Waals surface area (Å²) in [4.78, 5) is 11.6. The molecule has 0 amide bonds. The van der Waals surface area contributed by atoms with Gasteiger partial charge in [0.05, 0.1) is 24.4 Å². The van der Waals surface area contributed by atoms with E-state index in [0.717, 1.165) is 12.1 Å². The molecule has 0 N–H and O–H groups in total. The molecule has 0 saturated heterocycles. The summed E-state index contributed by atoms with van der Waals surface area (Å²) in [5.74, 6) is -3.18. The zero-order chi connectivity index (χ0) is 16.8. The Morgan fingerprint density at radius 2 is 1.68 bits per heavy atom. The lowest BCUT2D eigenvalue weighted by Gasteiger charge is -2.19. The number of rotatable bonds is 7. The lowest BCUT2D eigenvalue weighted by atomic mass is 10.2. The Morgan fingerprint density at radius 3 is 2.18 bits per heavy atom. The number of halogens is 2. The molecule has 0 aliphatic heterocycles. The molecule has 6 heteroatoms. The van der Waals surface area contributed by atoms with Crippen LogP contribution in [0.1, 0.15) is 44.5 Å². The molecule has 0 aromatic heterocycles. The van der Waals surface area contributed by atoms with Crippen LogP contribution in [0.5, 0.6) is 5.75 Å². The van der Waals surface area contributed by atoms with Crippen molar-refractivity contribution < 1.29 is 27.8 Å². The Morgan fingerprint density at radius 1 is 1.09 bits per heavy atom. The van der Waals surface area contributed by atoms with Crippen molar-refractivity contribution in [1.29, 1.82) is 0 Å². The molecule has 0 aliphatic carbocycles. The zero-order valence-electron chi connectivity index (χ0n) is 13.4. The molecule has 0 radical (unpaired) electrons. The highest BCUT2D eigenvalue weighted by molar-refractivity contribution is 5.89. The van der Waals surface area contributed by atoms with Crippen LogP contribution in [-0.4, -0.2) is 31.4 Å². The Kier molecular flexibility index (Phi) is 6.74. The molecule has 0 atom stereocenters. The molecule has 124 valence electrons. The van der Waals surface area contributed by atoms with Crippen molar-refractivity contribution in [2.24, 2.45) is 0 Å². The van der Waals surface area contributed by atoms with E-state index in [9.17, 15) is 13.6 Å². The van der Waals surface area contributed by atoms with Gasteiger partial charge in [-0.1, -0.05) is 6.92 Å². The van der Waals surface area contributed by atoms with Crippen molar-refractivity contribution in [3.05, 3.63) is 29.3 Å². The van der Waals surface area contributed by atoms with E-state index in [2.05, 4.69) is 0 Å². The minimum atomic E-state index is -0.945. The van der Waals surface area contributed by atoms with Crippen LogP contribution in [0.25, 0.3) is 0 Å². The number of benzene rings is 1. The molecule has 0 aliphatic rings. The third kappa shape index (κ3) is 5.97. The number of ether oxygens (including phenoxy) is 3. The Hall–Kier alpha value is -1.69. The van der Waals surface area contributed by atoms with E-state index in [1.807, 2.05) is 27.7 Å². The molecule has 0 bridgehead atoms. The van der Waals surface area contributed by atoms with Crippen molar-refractivity contribution in [1.82, 2.24) is 0 Å². The van der Waals surface area contributed by atoms with Gasteiger partial charge < -0.3 is 14.2 Å². The molecule has 0 unspecified atom stereocenters. The summed E-state index contributed by atoms with van der Waals surface area (Å²) in [6, 6.07) is 1.81. The van der Waals surface area contributed by atoms with E-state index in [-0.39, 0.29) is 31.0 Å². The van der Waals surface area contributed by atoms with Crippen molar-refractivity contribution in [3.8, 4) is 5.75 Å². The Labute approximate surface area is 129 Å². The second-order valence-electron chi connectivity index (χ2n) is 5.71. The number of carbonyl (C=O) groups is 1. The van der Waals surface area contributed by atoms with Gasteiger partial charge in [0, 0.05) is 0 Å². The molecule has 1 aromatic rings. The summed E-state index contributed by atoms with van der Waals surface area (Å²) < 4.78 is 43.0. The molecule has 0 saturated carbocycles. The highest BCUT2D eigenvalue weighted by atomic mass is 19.1. The molecule has 0 fully saturated rings. The van der Waals surface area contributed by atoms with Gasteiger partial charge in [0.25, 0.3) is 0 Å². The van der Waals surface area contributed by atoms with Gasteiger partial charge in [-0.2, -0.15) is 0 Å². The maximum absolute atomic E-state index is 13.8. The van der Waals surface area contributed by atoms with Crippen LogP contribution in [-0.2, 0) is 9.47 Å². The van der Waals surface area contributed by atoms with Crippen molar-refractivity contribution in [3.63, 3.8) is 0 Å². The molecule has 0 heterocycles. The van der Waals surface area contributed by atoms with E-state index < -0.39 is 23.4 Å². The van der Waals surface area contributed by atoms with Crippen LogP contribution in [0.15, 0.2) is 12.1 Å². The first-order chi connectivity index (χ1) is 10.2. The predicted octanol–water partition coefficient (Wildman–Crippen LogP) is 3.73. The molecule has 1 rings (SSSR count). The summed E-state index contributed by atoms with van der Waals surface area (Å²) in [6.45, 7) is 7.82. The smallest absolute Gasteiger partial charge is 0.338 e. The second-order valence-corrected chi connectivity index (χ2v) is 5.71. The molecule has 4 nitrogen and oxygen atoms in total. The molecular weight excluding hydrogens is 294 g/mol. The summed E-state index contributed by atoms with van der Waals surface area (Å²) in [5, 5.41) is 0. The zero-order valence-corrected chi connectivity index (χ0v) is 13.4. The standard InChI is InChI=1S/C16H22F2O4/c1-5-6-21-15(19)11-9-12(17)14(13(18)10-11)20-7-8-22-16(2,3)4/h9-10H,5-8H2,1-4H3. The van der Waals surface area contributed by atoms with Crippen LogP contribution in [0.2, 0.25) is 0 Å². The van der Waals surface area contributed by atoms with Gasteiger partial charge in [-0.3, -0.25) is 0 Å². The van der Waals surface area contributed by atoms with Crippen molar-refractivity contribution in [2.75, 3.05) is 19.8 Å². The highest BCUT2D eigenvalue weighted by Crippen LogP contribution is 2.24. The third-order valence-corrected chi connectivity index (χ3v) is 2.54. The summed E-state index contributed by atoms with van der Waals surface area (Å²) in [5.41, 5.74) is -0.533. The third-order valence-electron chi connectivity index (χ3n) is 2.54. The fourth-order valence-electron chi connectivity index (χ4n) is 1.59. The van der Waals surface area contributed by atoms with E-state index >= 15 is 0 Å². The van der Waals surface area contributed by atoms with Crippen molar-refractivity contribution >= 4 is 5.97 Å². The minimum absolute atomic E-state index is 0.00470. The predicted molar refractivity (Wildman–Crippen MR) is 78.1 cm³/mol. The molecular formula is C16H22F2O4. The quantitative estimate of drug-likeness (QED) is 0.568. The number of hydrogen-bond donors (Lipinski definition) is 0. The molecule has 0 spiro atoms. The Bertz CT molecular complexity index is 486. The molecule has 22 heavy (non-hydrogen) atoms. The first-order valence-electron chi connectivity index (χ1n) is 7.17. The van der Waals surface area contributed by atoms with Gasteiger partial charge in [-0.15, -0.1) is 0 Å². The topological polar surface area (TPSA) is 44.8 Å². The van der Waals surface area contributed by atoms with E-state index in [0.29, 0.717) is 6.42 Å². The monoisotopic (exact) mass is 316 g/mol. The summed E-state index contributed by atoms with van der Waals surface area (Å²) >= 11 is 0. The van der Waals surface area contributed by atoms with Gasteiger partial charge >= 0.3 is 5.97 Å². The van der Waals surface area contributed by atoms with E-state index in [1.165, 1.54) is 0 Å². The average molecular weight is 316 g/mol. The van der Waals surface area contributed by atoms with Crippen LogP contribution in [0, 0.1) is 11.6 Å². The van der Waals surface area contributed by atoms with Crippen molar-refractivity contribution in [2.45, 2.75) is 39.7 Å². The van der Waals surface area contributed by atoms with Crippen LogP contribution in [0.4, 0.5) is 8.78 Å². The maximum atomic E-state index is 13.8. The highest BCUT2D eigenvalue weighted by Gasteiger charge is 2.17. The van der Waals surface area contributed by atoms with Gasteiger partial charge in [0.15, 0.2) is 17.4 Å². The first kappa shape index (κ1) is 18.4. The number of hydrogen-bond acceptors (Lipinski definition) is 4. The van der Waals surface area contributed by atoms with Crippen LogP contribution >= 0.6 is 0 Å². The summed E-state index contributed by atoms with van der Waals surface area (Å²) in [7, 11) is 0. The maximum Gasteiger partial charge on any atom is 0.338 e. The lowest BCUT2D eigenvalue weighted by molar-refractivity contribution is -0.0171. The largest absolute Gasteiger partial charge is 0.485 e. The number of esters is 1. The second kappa shape index (κ2) is 8.08. The fourth-order valence-corrected chi connectivity index (χ4v) is 1.59. The van der Waals surface area contributed by atoms with E-state index in [1.54, 1.807) is 0 Å². The van der Waals surface area contributed by atoms with Crippen LogP contribution in [0.3, 0.4) is 0 Å². The van der Waals surface area contributed by atoms with Gasteiger partial charge in [-0.05, 0) is 39.3 Å². The normalized spacial score (nSPS) is 11.4. The summed E-state index contributed by atoms with van der Waals surface area (Å²) in [6.07, 6.45) is 0.631. The first-order valence-corrected chi connectivity index (χ1v) is 7.17. The number of carbonyl (C=O) groups excluding carboxylic acids is 1. The van der Waals surface area contributed by atoms with Gasteiger partial charge in [-0.25, -0.2) is 13.6 Å². The van der Waals surface area contributed by atoms with Gasteiger partial charge in [0.2, 0.25) is 0 Å². The van der Waals surface area contributed by atoms with Crippen LogP contribution < -0.4 is 4.74 Å².